The van der Waals surface area contributed by atoms with Crippen LogP contribution in [0.2, 0.25) is 5.02 Å². The molecular weight excluding hydrogens is 310 g/mol. The van der Waals surface area contributed by atoms with Crippen molar-refractivity contribution in [2.24, 2.45) is 0 Å². The number of para-hydroxylation sites is 1. The van der Waals surface area contributed by atoms with Crippen LogP contribution in [0.25, 0.3) is 11.5 Å². The summed E-state index contributed by atoms with van der Waals surface area (Å²) in [5.74, 6) is 1.16. The van der Waals surface area contributed by atoms with Crippen molar-refractivity contribution in [2.45, 2.75) is 19.4 Å². The molecule has 1 aliphatic rings. The van der Waals surface area contributed by atoms with E-state index in [4.69, 9.17) is 16.0 Å². The fourth-order valence-electron chi connectivity index (χ4n) is 2.97. The Hall–Kier alpha value is -2.33. The summed E-state index contributed by atoms with van der Waals surface area (Å²) in [4.78, 5) is 2.30. The van der Waals surface area contributed by atoms with Crippen LogP contribution in [0.5, 0.6) is 0 Å². The second-order valence-corrected chi connectivity index (χ2v) is 6.10. The van der Waals surface area contributed by atoms with Gasteiger partial charge in [-0.25, -0.2) is 0 Å². The van der Waals surface area contributed by atoms with Crippen molar-refractivity contribution in [1.82, 2.24) is 10.2 Å². The van der Waals surface area contributed by atoms with Crippen LogP contribution in [0.4, 0.5) is 5.69 Å². The molecule has 1 aromatic heterocycles. The van der Waals surface area contributed by atoms with Gasteiger partial charge in [0.2, 0.25) is 11.8 Å². The summed E-state index contributed by atoms with van der Waals surface area (Å²) in [7, 11) is 0. The number of benzene rings is 2. The van der Waals surface area contributed by atoms with E-state index in [1.807, 2.05) is 24.3 Å². The van der Waals surface area contributed by atoms with E-state index in [2.05, 4.69) is 39.4 Å². The van der Waals surface area contributed by atoms with E-state index in [0.717, 1.165) is 24.9 Å². The highest BCUT2D eigenvalue weighted by atomic mass is 35.5. The lowest BCUT2D eigenvalue weighted by Gasteiger charge is -2.29. The molecule has 1 aliphatic heterocycles. The van der Waals surface area contributed by atoms with Crippen molar-refractivity contribution >= 4 is 17.3 Å². The predicted octanol–water partition coefficient (Wildman–Crippen LogP) is 4.34. The van der Waals surface area contributed by atoms with Crippen LogP contribution in [-0.4, -0.2) is 16.7 Å². The Morgan fingerprint density at radius 3 is 2.74 bits per heavy atom. The van der Waals surface area contributed by atoms with Gasteiger partial charge in [0.25, 0.3) is 0 Å². The number of fused-ring (bicyclic) bond motifs is 1. The zero-order valence-electron chi connectivity index (χ0n) is 12.6. The molecular formula is C18H16ClN3O. The molecule has 116 valence electrons. The maximum Gasteiger partial charge on any atom is 0.247 e. The molecule has 0 unspecified atom stereocenters. The SMILES string of the molecule is Clc1ccc(-c2nnc(CN3CCCc4ccccc43)o2)cc1. The minimum absolute atomic E-state index is 0.530. The molecule has 4 rings (SSSR count). The zero-order valence-corrected chi connectivity index (χ0v) is 13.3. The molecule has 4 nitrogen and oxygen atoms in total. The summed E-state index contributed by atoms with van der Waals surface area (Å²) in [5, 5.41) is 9.03. The minimum Gasteiger partial charge on any atom is -0.419 e. The van der Waals surface area contributed by atoms with Crippen LogP contribution < -0.4 is 4.90 Å². The Balaban J connectivity index is 1.56. The number of aryl methyl sites for hydroxylation is 1. The number of nitrogens with zero attached hydrogens (tertiary/aromatic N) is 3. The van der Waals surface area contributed by atoms with E-state index >= 15 is 0 Å². The van der Waals surface area contributed by atoms with E-state index < -0.39 is 0 Å². The third kappa shape index (κ3) is 2.94. The van der Waals surface area contributed by atoms with Crippen LogP contribution in [0.3, 0.4) is 0 Å². The molecule has 0 atom stereocenters. The summed E-state index contributed by atoms with van der Waals surface area (Å²) in [6.07, 6.45) is 2.28. The first-order valence-corrected chi connectivity index (χ1v) is 8.08. The highest BCUT2D eigenvalue weighted by Crippen LogP contribution is 2.28. The molecule has 0 amide bonds. The van der Waals surface area contributed by atoms with Crippen LogP contribution in [0, 0.1) is 0 Å². The number of anilines is 1. The molecule has 0 saturated heterocycles. The van der Waals surface area contributed by atoms with Gasteiger partial charge in [0.15, 0.2) is 0 Å². The topological polar surface area (TPSA) is 42.2 Å². The fourth-order valence-corrected chi connectivity index (χ4v) is 3.09. The summed E-state index contributed by atoms with van der Waals surface area (Å²) in [6.45, 7) is 1.65. The van der Waals surface area contributed by atoms with Crippen LogP contribution >= 0.6 is 11.6 Å². The van der Waals surface area contributed by atoms with Gasteiger partial charge < -0.3 is 9.32 Å². The third-order valence-electron chi connectivity index (χ3n) is 4.09. The lowest BCUT2D eigenvalue weighted by molar-refractivity contribution is 0.493. The average Bonchev–Trinajstić information content (AvgIpc) is 3.04. The summed E-state index contributed by atoms with van der Waals surface area (Å²) >= 11 is 5.91. The average molecular weight is 326 g/mol. The lowest BCUT2D eigenvalue weighted by Crippen LogP contribution is -2.28. The molecule has 2 heterocycles. The van der Waals surface area contributed by atoms with Gasteiger partial charge in [-0.2, -0.15) is 0 Å². The number of hydrogen-bond donors (Lipinski definition) is 0. The smallest absolute Gasteiger partial charge is 0.247 e. The van der Waals surface area contributed by atoms with Gasteiger partial charge in [0.1, 0.15) is 0 Å². The van der Waals surface area contributed by atoms with Crippen LogP contribution in [-0.2, 0) is 13.0 Å². The molecule has 0 bridgehead atoms. The number of rotatable bonds is 3. The maximum atomic E-state index is 5.91. The van der Waals surface area contributed by atoms with Crippen LogP contribution in [0.1, 0.15) is 17.9 Å². The summed E-state index contributed by atoms with van der Waals surface area (Å²) in [5.41, 5.74) is 3.54. The van der Waals surface area contributed by atoms with Crippen LogP contribution in [0.15, 0.2) is 52.9 Å². The van der Waals surface area contributed by atoms with Gasteiger partial charge in [-0.1, -0.05) is 29.8 Å². The standard InChI is InChI=1S/C18H16ClN3O/c19-15-9-7-14(8-10-15)18-21-20-17(23-18)12-22-11-3-5-13-4-1-2-6-16(13)22/h1-2,4,6-10H,3,5,11-12H2. The Morgan fingerprint density at radius 1 is 1.04 bits per heavy atom. The molecule has 23 heavy (non-hydrogen) atoms. The van der Waals surface area contributed by atoms with E-state index in [-0.39, 0.29) is 0 Å². The Labute approximate surface area is 139 Å². The van der Waals surface area contributed by atoms with Crippen molar-refractivity contribution in [1.29, 1.82) is 0 Å². The summed E-state index contributed by atoms with van der Waals surface area (Å²) in [6, 6.07) is 15.9. The van der Waals surface area contributed by atoms with Crippen molar-refractivity contribution in [3.8, 4) is 11.5 Å². The minimum atomic E-state index is 0.530. The second kappa shape index (κ2) is 6.05. The Morgan fingerprint density at radius 2 is 1.87 bits per heavy atom. The van der Waals surface area contributed by atoms with Gasteiger partial charge in [0.05, 0.1) is 6.54 Å². The Kier molecular flexibility index (Phi) is 3.75. The highest BCUT2D eigenvalue weighted by Gasteiger charge is 2.19. The normalized spacial score (nSPS) is 13.9. The van der Waals surface area contributed by atoms with E-state index in [0.29, 0.717) is 23.3 Å². The van der Waals surface area contributed by atoms with E-state index in [1.54, 1.807) is 0 Å². The van der Waals surface area contributed by atoms with Gasteiger partial charge in [-0.15, -0.1) is 10.2 Å². The first-order valence-electron chi connectivity index (χ1n) is 7.71. The molecule has 0 radical (unpaired) electrons. The Bertz CT molecular complexity index is 813. The molecule has 0 N–H and O–H groups in total. The number of aromatic nitrogens is 2. The van der Waals surface area contributed by atoms with Gasteiger partial charge in [-0.05, 0) is 48.7 Å². The first-order chi connectivity index (χ1) is 11.3. The predicted molar refractivity (Wildman–Crippen MR) is 90.6 cm³/mol. The zero-order chi connectivity index (χ0) is 15.6. The first kappa shape index (κ1) is 14.3. The molecule has 3 aromatic rings. The molecule has 0 fully saturated rings. The second-order valence-electron chi connectivity index (χ2n) is 5.66. The number of halogens is 1. The van der Waals surface area contributed by atoms with Gasteiger partial charge in [-0.3, -0.25) is 0 Å². The van der Waals surface area contributed by atoms with Crippen molar-refractivity contribution < 1.29 is 4.42 Å². The quantitative estimate of drug-likeness (QED) is 0.718. The molecule has 0 saturated carbocycles. The number of hydrogen-bond acceptors (Lipinski definition) is 4. The van der Waals surface area contributed by atoms with E-state index in [1.165, 1.54) is 11.3 Å². The van der Waals surface area contributed by atoms with Gasteiger partial charge in [0, 0.05) is 22.8 Å². The largest absolute Gasteiger partial charge is 0.419 e. The van der Waals surface area contributed by atoms with Crippen molar-refractivity contribution in [3.63, 3.8) is 0 Å². The van der Waals surface area contributed by atoms with Crippen molar-refractivity contribution in [2.75, 3.05) is 11.4 Å². The fraction of sp³-hybridized carbons (Fsp3) is 0.222. The molecule has 0 aliphatic carbocycles. The molecule has 5 heteroatoms. The maximum absolute atomic E-state index is 5.91. The monoisotopic (exact) mass is 325 g/mol. The molecule has 2 aromatic carbocycles. The van der Waals surface area contributed by atoms with Crippen molar-refractivity contribution in [3.05, 3.63) is 65.0 Å². The van der Waals surface area contributed by atoms with E-state index in [9.17, 15) is 0 Å². The van der Waals surface area contributed by atoms with Gasteiger partial charge >= 0.3 is 0 Å². The lowest BCUT2D eigenvalue weighted by atomic mass is 10.0. The summed E-state index contributed by atoms with van der Waals surface area (Å²) < 4.78 is 5.82. The third-order valence-corrected chi connectivity index (χ3v) is 4.34. The molecule has 0 spiro atoms. The highest BCUT2D eigenvalue weighted by molar-refractivity contribution is 6.30.